The van der Waals surface area contributed by atoms with Gasteiger partial charge < -0.3 is 55.0 Å². The molecule has 0 aromatic heterocycles. The molecule has 22 heteroatoms. The molecule has 0 aliphatic heterocycles. The van der Waals surface area contributed by atoms with Gasteiger partial charge >= 0.3 is 35.8 Å². The predicted octanol–water partition coefficient (Wildman–Crippen LogP) is 6.79. The van der Waals surface area contributed by atoms with Crippen LogP contribution in [0.5, 0.6) is 0 Å². The molecule has 0 aliphatic carbocycles. The number of ether oxygens (including phenoxy) is 6. The zero-order valence-corrected chi connectivity index (χ0v) is 50.5. The molecule has 0 radical (unpaired) electrons. The van der Waals surface area contributed by atoms with Crippen molar-refractivity contribution >= 4 is 65.4 Å². The number of esters is 6. The molecule has 0 aliphatic rings. The van der Waals surface area contributed by atoms with Crippen LogP contribution in [0.4, 0.5) is 0 Å². The Hall–Kier alpha value is -10.5. The third-order valence-electron chi connectivity index (χ3n) is 13.8. The molecule has 5 atom stereocenters. The maximum atomic E-state index is 14.9. The van der Waals surface area contributed by atoms with Crippen molar-refractivity contribution in [2.45, 2.75) is 141 Å². The van der Waals surface area contributed by atoms with Gasteiger partial charge in [-0.1, -0.05) is 182 Å². The summed E-state index contributed by atoms with van der Waals surface area (Å²) in [6.45, 7) is 0.351. The number of rotatable bonds is 37. The highest BCUT2D eigenvalue weighted by Crippen LogP contribution is 2.15. The third-order valence-corrected chi connectivity index (χ3v) is 13.8. The Morgan fingerprint density at radius 3 is 0.670 bits per heavy atom. The fraction of sp³-hybridized carbons (Fsp3) is 0.319. The van der Waals surface area contributed by atoms with Gasteiger partial charge in [0.05, 0.1) is 0 Å². The quantitative estimate of drug-likeness (QED) is 0.0198. The van der Waals surface area contributed by atoms with Crippen molar-refractivity contribution in [3.8, 4) is 0 Å². The fourth-order valence-electron chi connectivity index (χ4n) is 8.85. The van der Waals surface area contributed by atoms with Gasteiger partial charge in [-0.2, -0.15) is 0 Å². The Labute approximate surface area is 527 Å². The van der Waals surface area contributed by atoms with E-state index in [2.05, 4.69) is 26.6 Å². The molecule has 0 spiro atoms. The highest BCUT2D eigenvalue weighted by molar-refractivity contribution is 5.96. The van der Waals surface area contributed by atoms with Crippen LogP contribution < -0.4 is 26.6 Å². The monoisotopic (exact) mass is 1250 g/mol. The first-order chi connectivity index (χ1) is 44.1. The van der Waals surface area contributed by atoms with Crippen molar-refractivity contribution < 1.29 is 81.2 Å². The summed E-state index contributed by atoms with van der Waals surface area (Å²) in [6.07, 6.45) is -4.29. The van der Waals surface area contributed by atoms with Crippen LogP contribution in [0, 0.1) is 0 Å². The van der Waals surface area contributed by atoms with Gasteiger partial charge in [0.2, 0.25) is 29.5 Å². The van der Waals surface area contributed by atoms with Crippen molar-refractivity contribution in [3.63, 3.8) is 0 Å². The van der Waals surface area contributed by atoms with E-state index < -0.39 is 134 Å². The minimum Gasteiger partial charge on any atom is -0.461 e. The summed E-state index contributed by atoms with van der Waals surface area (Å²) in [7, 11) is 0. The summed E-state index contributed by atoms with van der Waals surface area (Å²) in [5.74, 6) is -9.62. The molecule has 0 saturated heterocycles. The van der Waals surface area contributed by atoms with Crippen LogP contribution in [0.1, 0.15) is 105 Å². The normalized spacial score (nSPS) is 12.3. The minimum absolute atomic E-state index is 0.0657. The van der Waals surface area contributed by atoms with E-state index in [0.29, 0.717) is 33.4 Å². The van der Waals surface area contributed by atoms with Gasteiger partial charge in [0.25, 0.3) is 0 Å². The first kappa shape index (κ1) is 69.6. The average Bonchev–Trinajstić information content (AvgIpc) is 2.75. The van der Waals surface area contributed by atoms with Gasteiger partial charge in [0.1, 0.15) is 69.9 Å². The molecule has 6 aromatic carbocycles. The number of benzene rings is 6. The summed E-state index contributed by atoms with van der Waals surface area (Å²) in [4.78, 5) is 151. The molecule has 0 bridgehead atoms. The number of nitrogens with one attached hydrogen (secondary N) is 5. The Morgan fingerprint density at radius 1 is 0.264 bits per heavy atom. The van der Waals surface area contributed by atoms with Crippen molar-refractivity contribution in [1.82, 2.24) is 26.6 Å². The van der Waals surface area contributed by atoms with Crippen LogP contribution in [0.2, 0.25) is 0 Å². The molecule has 5 N–H and O–H groups in total. The second kappa shape index (κ2) is 38.7. The van der Waals surface area contributed by atoms with Crippen molar-refractivity contribution in [1.29, 1.82) is 0 Å². The second-order valence-corrected chi connectivity index (χ2v) is 21.0. The van der Waals surface area contributed by atoms with Gasteiger partial charge in [-0.25, -0.2) is 4.79 Å². The third kappa shape index (κ3) is 27.2. The first-order valence-corrected chi connectivity index (χ1v) is 29.7. The van der Waals surface area contributed by atoms with Crippen LogP contribution in [-0.4, -0.2) is 95.6 Å². The molecule has 6 aromatic rings. The summed E-state index contributed by atoms with van der Waals surface area (Å²) >= 11 is 0. The molecule has 478 valence electrons. The van der Waals surface area contributed by atoms with Crippen molar-refractivity contribution in [3.05, 3.63) is 215 Å². The average molecular weight is 1250 g/mol. The molecule has 6 rings (SSSR count). The molecular weight excluding hydrogens is 1170 g/mol. The topological polar surface area (TPSA) is 303 Å². The molecule has 5 amide bonds. The van der Waals surface area contributed by atoms with Crippen LogP contribution in [0.3, 0.4) is 0 Å². The molecule has 0 unspecified atom stereocenters. The van der Waals surface area contributed by atoms with Crippen molar-refractivity contribution in [2.75, 3.05) is 0 Å². The lowest BCUT2D eigenvalue weighted by Crippen LogP contribution is -2.59. The van der Waals surface area contributed by atoms with E-state index in [4.69, 9.17) is 28.4 Å². The van der Waals surface area contributed by atoms with Gasteiger partial charge in [-0.3, -0.25) is 47.9 Å². The minimum atomic E-state index is -1.75. The highest BCUT2D eigenvalue weighted by Gasteiger charge is 2.34. The highest BCUT2D eigenvalue weighted by atomic mass is 16.6. The molecule has 0 fully saturated rings. The van der Waals surface area contributed by atoms with E-state index in [9.17, 15) is 52.7 Å². The van der Waals surface area contributed by atoms with E-state index in [1.165, 1.54) is 0 Å². The van der Waals surface area contributed by atoms with E-state index >= 15 is 0 Å². The van der Waals surface area contributed by atoms with E-state index in [1.54, 1.807) is 182 Å². The second-order valence-electron chi connectivity index (χ2n) is 21.0. The number of carbonyl (C=O) groups excluding carboxylic acids is 11. The molecule has 0 heterocycles. The molecule has 22 nitrogen and oxygen atoms in total. The SMILES string of the molecule is CC(=O)N[C@@H](CCC(=O)OCc1ccccc1)C(=O)N[C@@H](CCC(=O)OCc1ccccc1)C(=O)N[C@@H](CCC(=O)OCc1ccccc1)C(=O)N[C@@H](CCC(=O)OCc1ccccc1)C(=O)N[C@@H](CCC(=O)OCc1ccccc1)C(=O)OCc1ccccc1. The Balaban J connectivity index is 1.26. The standard InChI is InChI=1S/C69H75N5O17/c1-48(75)70-55(32-37-60(76)86-42-49-20-8-2-9-21-49)65(81)71-56(33-38-61(77)87-43-50-22-10-3-11-23-50)66(82)72-57(34-39-62(78)88-44-51-24-12-4-13-25-51)67(83)73-58(35-40-63(79)89-45-52-26-14-5-15-27-52)68(84)74-59(69(85)91-47-54-30-18-7-19-31-54)36-41-64(80)90-46-53-28-16-6-17-29-53/h2-31,55-59H,32-47H2,1H3,(H,70,75)(H,71,81)(H,72,82)(H,73,83)(H,74,84)/t55-,56-,57-,58-,59-/m0/s1. The Morgan fingerprint density at radius 2 is 0.451 bits per heavy atom. The number of hydrogen-bond acceptors (Lipinski definition) is 17. The smallest absolute Gasteiger partial charge is 0.328 e. The maximum absolute atomic E-state index is 14.9. The Kier molecular flexibility index (Phi) is 29.6. The molecule has 91 heavy (non-hydrogen) atoms. The van der Waals surface area contributed by atoms with Gasteiger partial charge in [-0.15, -0.1) is 0 Å². The number of carbonyl (C=O) groups is 11. The van der Waals surface area contributed by atoms with Gasteiger partial charge in [0.15, 0.2) is 0 Å². The zero-order valence-electron chi connectivity index (χ0n) is 50.5. The first-order valence-electron chi connectivity index (χ1n) is 29.7. The maximum Gasteiger partial charge on any atom is 0.328 e. The van der Waals surface area contributed by atoms with Gasteiger partial charge in [0, 0.05) is 39.0 Å². The lowest BCUT2D eigenvalue weighted by atomic mass is 10.0. The predicted molar refractivity (Wildman–Crippen MR) is 329 cm³/mol. The van der Waals surface area contributed by atoms with E-state index in [1.807, 2.05) is 0 Å². The fourth-order valence-corrected chi connectivity index (χ4v) is 8.85. The Bertz CT molecular complexity index is 3310. The van der Waals surface area contributed by atoms with Crippen LogP contribution in [0.25, 0.3) is 0 Å². The molecule has 0 saturated carbocycles. The number of amides is 5. The summed E-state index contributed by atoms with van der Waals surface area (Å²) in [6, 6.07) is 44.3. The van der Waals surface area contributed by atoms with Crippen LogP contribution in [0.15, 0.2) is 182 Å². The lowest BCUT2D eigenvalue weighted by molar-refractivity contribution is -0.151. The van der Waals surface area contributed by atoms with E-state index in [0.717, 1.165) is 6.92 Å². The van der Waals surface area contributed by atoms with Crippen LogP contribution >= 0.6 is 0 Å². The zero-order chi connectivity index (χ0) is 65.0. The largest absolute Gasteiger partial charge is 0.461 e. The van der Waals surface area contributed by atoms with Crippen LogP contribution in [-0.2, 0) is 121 Å². The number of hydrogen-bond donors (Lipinski definition) is 5. The molecular formula is C69H75N5O17. The summed E-state index contributed by atoms with van der Waals surface area (Å²) in [5, 5.41) is 12.7. The van der Waals surface area contributed by atoms with Crippen molar-refractivity contribution in [2.24, 2.45) is 0 Å². The van der Waals surface area contributed by atoms with Gasteiger partial charge in [-0.05, 0) is 65.5 Å². The summed E-state index contributed by atoms with van der Waals surface area (Å²) in [5.41, 5.74) is 3.96. The summed E-state index contributed by atoms with van der Waals surface area (Å²) < 4.78 is 32.9. The van der Waals surface area contributed by atoms with E-state index in [-0.39, 0.29) is 65.3 Å². The lowest BCUT2D eigenvalue weighted by Gasteiger charge is -2.27.